The first-order chi connectivity index (χ1) is 11.6. The summed E-state index contributed by atoms with van der Waals surface area (Å²) in [7, 11) is 0. The molecule has 134 valence electrons. The second-order valence-corrected chi connectivity index (χ2v) is 5.82. The Hall–Kier alpha value is -1.75. The van der Waals surface area contributed by atoms with E-state index in [0.717, 1.165) is 43.6 Å². The summed E-state index contributed by atoms with van der Waals surface area (Å²) in [5, 5.41) is 7.25. The van der Waals surface area contributed by atoms with Crippen LogP contribution in [0.2, 0.25) is 5.02 Å². The molecule has 0 aromatic heterocycles. The minimum atomic E-state index is 0.153. The van der Waals surface area contributed by atoms with Crippen molar-refractivity contribution in [3.05, 3.63) is 34.9 Å². The second-order valence-electron chi connectivity index (χ2n) is 5.38. The van der Waals surface area contributed by atoms with Gasteiger partial charge in [-0.15, -0.1) is 0 Å². The highest BCUT2D eigenvalue weighted by Crippen LogP contribution is 2.09. The second kappa shape index (κ2) is 11.7. The normalized spacial score (nSPS) is 11.2. The van der Waals surface area contributed by atoms with E-state index >= 15 is 0 Å². The number of rotatable bonds is 9. The van der Waals surface area contributed by atoms with Crippen molar-refractivity contribution in [2.24, 2.45) is 4.99 Å². The van der Waals surface area contributed by atoms with E-state index in [0.29, 0.717) is 13.0 Å². The van der Waals surface area contributed by atoms with Crippen LogP contribution in [0.25, 0.3) is 0 Å². The first-order valence-electron chi connectivity index (χ1n) is 8.65. The fourth-order valence-electron chi connectivity index (χ4n) is 2.32. The van der Waals surface area contributed by atoms with Crippen LogP contribution in [-0.4, -0.2) is 49.5 Å². The van der Waals surface area contributed by atoms with Crippen LogP contribution in [0.4, 0.5) is 0 Å². The molecule has 2 N–H and O–H groups in total. The zero-order valence-corrected chi connectivity index (χ0v) is 15.7. The standard InChI is InChI=1S/C18H29ClN4O/c1-4-20-18(22-14-12-17(24)23(5-2)6-3)21-13-11-15-7-9-16(19)10-8-15/h7-10H,4-6,11-14H2,1-3H3,(H2,20,21,22). The van der Waals surface area contributed by atoms with Gasteiger partial charge in [0.2, 0.25) is 5.91 Å². The minimum Gasteiger partial charge on any atom is -0.357 e. The maximum Gasteiger partial charge on any atom is 0.224 e. The molecule has 0 spiro atoms. The van der Waals surface area contributed by atoms with Crippen molar-refractivity contribution < 1.29 is 4.79 Å². The SMILES string of the molecule is CCNC(=NCCC(=O)N(CC)CC)NCCc1ccc(Cl)cc1. The topological polar surface area (TPSA) is 56.7 Å². The van der Waals surface area contributed by atoms with Crippen molar-refractivity contribution in [1.82, 2.24) is 15.5 Å². The van der Waals surface area contributed by atoms with Crippen LogP contribution in [0.3, 0.4) is 0 Å². The van der Waals surface area contributed by atoms with Gasteiger partial charge in [-0.3, -0.25) is 9.79 Å². The highest BCUT2D eigenvalue weighted by atomic mass is 35.5. The number of guanidine groups is 1. The van der Waals surface area contributed by atoms with Gasteiger partial charge in [0.05, 0.1) is 6.54 Å². The third kappa shape index (κ3) is 7.68. The third-order valence-corrected chi connectivity index (χ3v) is 3.93. The zero-order chi connectivity index (χ0) is 17.8. The largest absolute Gasteiger partial charge is 0.357 e. The Morgan fingerprint density at radius 1 is 1.12 bits per heavy atom. The molecule has 1 aromatic carbocycles. The number of carbonyl (C=O) groups excluding carboxylic acids is 1. The molecule has 0 bridgehead atoms. The number of benzene rings is 1. The Morgan fingerprint density at radius 3 is 2.38 bits per heavy atom. The Bertz CT molecular complexity index is 512. The van der Waals surface area contributed by atoms with Gasteiger partial charge >= 0.3 is 0 Å². The molecular formula is C18H29ClN4O. The monoisotopic (exact) mass is 352 g/mol. The number of hydrogen-bond acceptors (Lipinski definition) is 2. The highest BCUT2D eigenvalue weighted by Gasteiger charge is 2.08. The Balaban J connectivity index is 2.41. The molecule has 1 amide bonds. The van der Waals surface area contributed by atoms with E-state index in [2.05, 4.69) is 15.6 Å². The molecule has 0 heterocycles. The van der Waals surface area contributed by atoms with Crippen LogP contribution < -0.4 is 10.6 Å². The van der Waals surface area contributed by atoms with Crippen LogP contribution in [-0.2, 0) is 11.2 Å². The lowest BCUT2D eigenvalue weighted by atomic mass is 10.1. The fourth-order valence-corrected chi connectivity index (χ4v) is 2.44. The lowest BCUT2D eigenvalue weighted by Crippen LogP contribution is -2.38. The fraction of sp³-hybridized carbons (Fsp3) is 0.556. The van der Waals surface area contributed by atoms with E-state index < -0.39 is 0 Å². The van der Waals surface area contributed by atoms with Crippen molar-refractivity contribution in [1.29, 1.82) is 0 Å². The summed E-state index contributed by atoms with van der Waals surface area (Å²) in [5.41, 5.74) is 1.22. The quantitative estimate of drug-likeness (QED) is 0.530. The lowest BCUT2D eigenvalue weighted by molar-refractivity contribution is -0.130. The third-order valence-electron chi connectivity index (χ3n) is 3.68. The first-order valence-corrected chi connectivity index (χ1v) is 9.02. The molecule has 6 heteroatoms. The number of nitrogens with one attached hydrogen (secondary N) is 2. The van der Waals surface area contributed by atoms with E-state index in [1.54, 1.807) is 0 Å². The number of halogens is 1. The summed E-state index contributed by atoms with van der Waals surface area (Å²) in [5.74, 6) is 0.902. The highest BCUT2D eigenvalue weighted by molar-refractivity contribution is 6.30. The van der Waals surface area contributed by atoms with Gasteiger partial charge in [-0.25, -0.2) is 0 Å². The van der Waals surface area contributed by atoms with Gasteiger partial charge in [0.15, 0.2) is 5.96 Å². The summed E-state index contributed by atoms with van der Waals surface area (Å²) in [4.78, 5) is 18.3. The minimum absolute atomic E-state index is 0.153. The maximum atomic E-state index is 12.0. The summed E-state index contributed by atoms with van der Waals surface area (Å²) in [6.07, 6.45) is 1.33. The smallest absolute Gasteiger partial charge is 0.224 e. The lowest BCUT2D eigenvalue weighted by Gasteiger charge is -2.18. The van der Waals surface area contributed by atoms with Gasteiger partial charge in [-0.1, -0.05) is 23.7 Å². The van der Waals surface area contributed by atoms with E-state index in [4.69, 9.17) is 11.6 Å². The van der Waals surface area contributed by atoms with Crippen molar-refractivity contribution in [2.75, 3.05) is 32.7 Å². The number of nitrogens with zero attached hydrogens (tertiary/aromatic N) is 2. The number of amides is 1. The predicted octanol–water partition coefficient (Wildman–Crippen LogP) is 2.70. The molecule has 0 fully saturated rings. The van der Waals surface area contributed by atoms with Crippen LogP contribution in [0.5, 0.6) is 0 Å². The predicted molar refractivity (Wildman–Crippen MR) is 102 cm³/mol. The average molecular weight is 353 g/mol. The molecule has 5 nitrogen and oxygen atoms in total. The van der Waals surface area contributed by atoms with Crippen molar-refractivity contribution in [3.8, 4) is 0 Å². The molecule has 0 aliphatic heterocycles. The molecule has 0 aliphatic rings. The summed E-state index contributed by atoms with van der Waals surface area (Å²) in [6.45, 7) is 9.56. The van der Waals surface area contributed by atoms with Crippen molar-refractivity contribution in [3.63, 3.8) is 0 Å². The Labute approximate surface area is 150 Å². The van der Waals surface area contributed by atoms with Crippen LogP contribution >= 0.6 is 11.6 Å². The van der Waals surface area contributed by atoms with Crippen LogP contribution in [0, 0.1) is 0 Å². The molecule has 0 unspecified atom stereocenters. The first kappa shape index (κ1) is 20.3. The Kier molecular flexibility index (Phi) is 9.92. The molecule has 24 heavy (non-hydrogen) atoms. The molecule has 0 atom stereocenters. The van der Waals surface area contributed by atoms with E-state index in [1.807, 2.05) is 49.9 Å². The van der Waals surface area contributed by atoms with Gasteiger partial charge < -0.3 is 15.5 Å². The zero-order valence-electron chi connectivity index (χ0n) is 14.9. The van der Waals surface area contributed by atoms with E-state index in [9.17, 15) is 4.79 Å². The summed E-state index contributed by atoms with van der Waals surface area (Å²) >= 11 is 5.89. The molecule has 0 radical (unpaired) electrons. The summed E-state index contributed by atoms with van der Waals surface area (Å²) in [6, 6.07) is 7.84. The van der Waals surface area contributed by atoms with Crippen LogP contribution in [0.15, 0.2) is 29.3 Å². The maximum absolute atomic E-state index is 12.0. The van der Waals surface area contributed by atoms with Crippen molar-refractivity contribution >= 4 is 23.5 Å². The summed E-state index contributed by atoms with van der Waals surface area (Å²) < 4.78 is 0. The van der Waals surface area contributed by atoms with Gasteiger partial charge in [0.25, 0.3) is 0 Å². The molecule has 0 aliphatic carbocycles. The molecule has 0 saturated heterocycles. The van der Waals surface area contributed by atoms with Gasteiger partial charge in [0, 0.05) is 37.6 Å². The molecule has 1 rings (SSSR count). The van der Waals surface area contributed by atoms with Gasteiger partial charge in [0.1, 0.15) is 0 Å². The van der Waals surface area contributed by atoms with Gasteiger partial charge in [-0.05, 0) is 44.9 Å². The van der Waals surface area contributed by atoms with Crippen molar-refractivity contribution in [2.45, 2.75) is 33.6 Å². The molecule has 1 aromatic rings. The van der Waals surface area contributed by atoms with Gasteiger partial charge in [-0.2, -0.15) is 0 Å². The van der Waals surface area contributed by atoms with Crippen LogP contribution in [0.1, 0.15) is 32.8 Å². The van der Waals surface area contributed by atoms with E-state index in [-0.39, 0.29) is 5.91 Å². The average Bonchev–Trinajstić information content (AvgIpc) is 2.58. The number of carbonyl (C=O) groups is 1. The molecular weight excluding hydrogens is 324 g/mol. The number of hydrogen-bond donors (Lipinski definition) is 2. The molecule has 0 saturated carbocycles. The Morgan fingerprint density at radius 2 is 1.79 bits per heavy atom. The number of aliphatic imine (C=N–C) groups is 1. The van der Waals surface area contributed by atoms with E-state index in [1.165, 1.54) is 5.56 Å².